The molecule has 0 fully saturated rings. The number of hydrogen-bond acceptors (Lipinski definition) is 5. The Bertz CT molecular complexity index is 554. The van der Waals surface area contributed by atoms with Gasteiger partial charge in [0.1, 0.15) is 0 Å². The van der Waals surface area contributed by atoms with Gasteiger partial charge in [-0.2, -0.15) is 0 Å². The number of nitrogens with one attached hydrogen (secondary N) is 2. The quantitative estimate of drug-likeness (QED) is 0.766. The Kier molecular flexibility index (Phi) is 4.03. The van der Waals surface area contributed by atoms with Gasteiger partial charge in [0.25, 0.3) is 5.56 Å². The van der Waals surface area contributed by atoms with Gasteiger partial charge in [-0.3, -0.25) is 9.78 Å². The SMILES string of the molecule is COCCNc1nnc(-c2ccccc2)c(=O)[nH]1. The Morgan fingerprint density at radius 3 is 2.72 bits per heavy atom. The molecular weight excluding hydrogens is 232 g/mol. The number of anilines is 1. The van der Waals surface area contributed by atoms with Gasteiger partial charge in [-0.25, -0.2) is 0 Å². The van der Waals surface area contributed by atoms with Crippen LogP contribution in [0.4, 0.5) is 5.95 Å². The lowest BCUT2D eigenvalue weighted by Gasteiger charge is -2.04. The van der Waals surface area contributed by atoms with Gasteiger partial charge in [0, 0.05) is 19.2 Å². The molecule has 0 aliphatic rings. The molecule has 0 bridgehead atoms. The summed E-state index contributed by atoms with van der Waals surface area (Å²) in [4.78, 5) is 14.5. The third-order valence-electron chi connectivity index (χ3n) is 2.34. The number of benzene rings is 1. The topological polar surface area (TPSA) is 79.9 Å². The van der Waals surface area contributed by atoms with E-state index in [0.29, 0.717) is 24.8 Å². The monoisotopic (exact) mass is 246 g/mol. The third kappa shape index (κ3) is 2.92. The highest BCUT2D eigenvalue weighted by atomic mass is 16.5. The van der Waals surface area contributed by atoms with Gasteiger partial charge in [-0.1, -0.05) is 30.3 Å². The summed E-state index contributed by atoms with van der Waals surface area (Å²) in [6.45, 7) is 1.09. The van der Waals surface area contributed by atoms with Crippen LogP contribution in [0.5, 0.6) is 0 Å². The summed E-state index contributed by atoms with van der Waals surface area (Å²) in [5.41, 5.74) is 0.790. The van der Waals surface area contributed by atoms with Crippen molar-refractivity contribution in [3.63, 3.8) is 0 Å². The summed E-state index contributed by atoms with van der Waals surface area (Å²) in [7, 11) is 1.61. The van der Waals surface area contributed by atoms with Gasteiger partial charge in [-0.05, 0) is 0 Å². The van der Waals surface area contributed by atoms with Crippen molar-refractivity contribution < 1.29 is 4.74 Å². The van der Waals surface area contributed by atoms with E-state index in [4.69, 9.17) is 4.74 Å². The highest BCUT2D eigenvalue weighted by molar-refractivity contribution is 5.57. The summed E-state index contributed by atoms with van der Waals surface area (Å²) in [5.74, 6) is 0.344. The van der Waals surface area contributed by atoms with Crippen LogP contribution < -0.4 is 10.9 Å². The lowest BCUT2D eigenvalue weighted by atomic mass is 10.2. The molecule has 0 aliphatic carbocycles. The minimum Gasteiger partial charge on any atom is -0.383 e. The van der Waals surface area contributed by atoms with E-state index in [0.717, 1.165) is 5.56 Å². The second-order valence-corrected chi connectivity index (χ2v) is 3.64. The average molecular weight is 246 g/mol. The van der Waals surface area contributed by atoms with E-state index in [1.165, 1.54) is 0 Å². The zero-order valence-electron chi connectivity index (χ0n) is 10.0. The van der Waals surface area contributed by atoms with Crippen molar-refractivity contribution in [3.8, 4) is 11.3 Å². The maximum Gasteiger partial charge on any atom is 0.279 e. The molecule has 1 aromatic carbocycles. The first kappa shape index (κ1) is 12.3. The second kappa shape index (κ2) is 5.92. The van der Waals surface area contributed by atoms with Gasteiger partial charge >= 0.3 is 0 Å². The van der Waals surface area contributed by atoms with Crippen LogP contribution in [-0.2, 0) is 4.74 Å². The molecule has 6 nitrogen and oxygen atoms in total. The Balaban J connectivity index is 2.18. The third-order valence-corrected chi connectivity index (χ3v) is 2.34. The van der Waals surface area contributed by atoms with Gasteiger partial charge < -0.3 is 10.1 Å². The fourth-order valence-corrected chi connectivity index (χ4v) is 1.47. The standard InChI is InChI=1S/C12H14N4O2/c1-18-8-7-13-12-14-11(17)10(15-16-12)9-5-3-2-4-6-9/h2-6H,7-8H2,1H3,(H2,13,14,16,17). The lowest BCUT2D eigenvalue weighted by molar-refractivity contribution is 0.210. The molecule has 2 aromatic rings. The van der Waals surface area contributed by atoms with Crippen molar-refractivity contribution >= 4 is 5.95 Å². The van der Waals surface area contributed by atoms with Crippen LogP contribution in [0.15, 0.2) is 35.1 Å². The molecule has 0 amide bonds. The number of aromatic nitrogens is 3. The molecule has 0 aliphatic heterocycles. The van der Waals surface area contributed by atoms with Gasteiger partial charge in [-0.15, -0.1) is 10.2 Å². The zero-order valence-corrected chi connectivity index (χ0v) is 10.0. The Hall–Kier alpha value is -2.21. The predicted molar refractivity (Wildman–Crippen MR) is 68.5 cm³/mol. The highest BCUT2D eigenvalue weighted by Crippen LogP contribution is 2.10. The molecule has 0 radical (unpaired) electrons. The molecule has 0 saturated carbocycles. The molecular formula is C12H14N4O2. The minimum atomic E-state index is -0.267. The van der Waals surface area contributed by atoms with Gasteiger partial charge in [0.05, 0.1) is 6.61 Å². The number of rotatable bonds is 5. The maximum atomic E-state index is 11.8. The summed E-state index contributed by atoms with van der Waals surface area (Å²) in [5, 5.41) is 10.8. The van der Waals surface area contributed by atoms with Crippen molar-refractivity contribution in [2.75, 3.05) is 25.6 Å². The number of hydrogen-bond donors (Lipinski definition) is 2. The van der Waals surface area contributed by atoms with Crippen molar-refractivity contribution in [3.05, 3.63) is 40.7 Å². The molecule has 1 aromatic heterocycles. The first-order valence-corrected chi connectivity index (χ1v) is 5.56. The number of methoxy groups -OCH3 is 1. The molecule has 0 spiro atoms. The number of H-pyrrole nitrogens is 1. The molecule has 6 heteroatoms. The van der Waals surface area contributed by atoms with E-state index in [2.05, 4.69) is 20.5 Å². The summed E-state index contributed by atoms with van der Waals surface area (Å²) >= 11 is 0. The van der Waals surface area contributed by atoms with Gasteiger partial charge in [0.2, 0.25) is 5.95 Å². The molecule has 0 unspecified atom stereocenters. The minimum absolute atomic E-state index is 0.267. The Morgan fingerprint density at radius 1 is 1.28 bits per heavy atom. The van der Waals surface area contributed by atoms with E-state index in [1.807, 2.05) is 30.3 Å². The molecule has 0 atom stereocenters. The van der Waals surface area contributed by atoms with Crippen LogP contribution in [0.3, 0.4) is 0 Å². The fraction of sp³-hybridized carbons (Fsp3) is 0.250. The summed E-state index contributed by atoms with van der Waals surface area (Å²) in [6.07, 6.45) is 0. The number of aromatic amines is 1. The molecule has 2 N–H and O–H groups in total. The molecule has 94 valence electrons. The normalized spacial score (nSPS) is 10.3. The molecule has 1 heterocycles. The lowest BCUT2D eigenvalue weighted by Crippen LogP contribution is -2.18. The number of nitrogens with zero attached hydrogens (tertiary/aromatic N) is 2. The molecule has 0 saturated heterocycles. The molecule has 2 rings (SSSR count). The maximum absolute atomic E-state index is 11.8. The van der Waals surface area contributed by atoms with Crippen molar-refractivity contribution in [1.82, 2.24) is 15.2 Å². The van der Waals surface area contributed by atoms with Crippen LogP contribution in [-0.4, -0.2) is 35.4 Å². The zero-order chi connectivity index (χ0) is 12.8. The van der Waals surface area contributed by atoms with Crippen LogP contribution in [0, 0.1) is 0 Å². The second-order valence-electron chi connectivity index (χ2n) is 3.64. The van der Waals surface area contributed by atoms with E-state index in [9.17, 15) is 4.79 Å². The van der Waals surface area contributed by atoms with E-state index < -0.39 is 0 Å². The van der Waals surface area contributed by atoms with Crippen LogP contribution in [0.2, 0.25) is 0 Å². The summed E-state index contributed by atoms with van der Waals surface area (Å²) < 4.78 is 4.88. The fourth-order valence-electron chi connectivity index (χ4n) is 1.47. The highest BCUT2D eigenvalue weighted by Gasteiger charge is 2.06. The van der Waals surface area contributed by atoms with Crippen LogP contribution >= 0.6 is 0 Å². The van der Waals surface area contributed by atoms with Crippen molar-refractivity contribution in [2.24, 2.45) is 0 Å². The van der Waals surface area contributed by atoms with Crippen molar-refractivity contribution in [1.29, 1.82) is 0 Å². The van der Waals surface area contributed by atoms with E-state index >= 15 is 0 Å². The van der Waals surface area contributed by atoms with E-state index in [1.54, 1.807) is 7.11 Å². The van der Waals surface area contributed by atoms with E-state index in [-0.39, 0.29) is 5.56 Å². The van der Waals surface area contributed by atoms with Crippen LogP contribution in [0.1, 0.15) is 0 Å². The van der Waals surface area contributed by atoms with Gasteiger partial charge in [0.15, 0.2) is 5.69 Å². The first-order valence-electron chi connectivity index (χ1n) is 5.56. The largest absolute Gasteiger partial charge is 0.383 e. The first-order chi connectivity index (χ1) is 8.81. The number of ether oxygens (including phenoxy) is 1. The Labute approximate surface area is 104 Å². The van der Waals surface area contributed by atoms with Crippen molar-refractivity contribution in [2.45, 2.75) is 0 Å². The van der Waals surface area contributed by atoms with Crippen LogP contribution in [0.25, 0.3) is 11.3 Å². The Morgan fingerprint density at radius 2 is 2.06 bits per heavy atom. The molecule has 18 heavy (non-hydrogen) atoms. The summed E-state index contributed by atoms with van der Waals surface area (Å²) in [6, 6.07) is 9.21. The predicted octanol–water partition coefficient (Wildman–Crippen LogP) is 0.890. The smallest absolute Gasteiger partial charge is 0.279 e. The average Bonchev–Trinajstić information content (AvgIpc) is 2.40.